The van der Waals surface area contributed by atoms with Crippen LogP contribution in [0, 0.1) is 0 Å². The van der Waals surface area contributed by atoms with Gasteiger partial charge in [0.25, 0.3) is 0 Å². The minimum Gasteiger partial charge on any atom is -0.444 e. The van der Waals surface area contributed by atoms with Crippen LogP contribution in [0.15, 0.2) is 47.4 Å². The van der Waals surface area contributed by atoms with Gasteiger partial charge in [-0.3, -0.25) is 4.90 Å². The van der Waals surface area contributed by atoms with Crippen molar-refractivity contribution in [3.8, 4) is 0 Å². The molecule has 7 heteroatoms. The van der Waals surface area contributed by atoms with Crippen molar-refractivity contribution in [1.29, 1.82) is 0 Å². The van der Waals surface area contributed by atoms with Crippen LogP contribution in [-0.2, 0) is 19.3 Å². The fraction of sp³-hybridized carbons (Fsp3) is 0.526. The van der Waals surface area contributed by atoms with E-state index < -0.39 is 27.3 Å². The lowest BCUT2D eigenvalue weighted by molar-refractivity contribution is -0.0610. The molecule has 26 heavy (non-hydrogen) atoms. The van der Waals surface area contributed by atoms with E-state index in [0.29, 0.717) is 0 Å². The van der Waals surface area contributed by atoms with Crippen molar-refractivity contribution >= 4 is 15.9 Å². The Bertz CT molecular complexity index is 763. The summed E-state index contributed by atoms with van der Waals surface area (Å²) in [6, 6.07) is 7.90. The summed E-state index contributed by atoms with van der Waals surface area (Å²) in [7, 11) is -3.41. The first-order valence-corrected chi connectivity index (χ1v) is 10.2. The van der Waals surface area contributed by atoms with Gasteiger partial charge in [-0.1, -0.05) is 30.4 Å². The predicted molar refractivity (Wildman–Crippen MR) is 99.5 cm³/mol. The number of ether oxygens (including phenoxy) is 2. The van der Waals surface area contributed by atoms with Gasteiger partial charge in [0.15, 0.2) is 9.84 Å². The molecule has 0 aromatic heterocycles. The Kier molecular flexibility index (Phi) is 5.82. The molecule has 144 valence electrons. The highest BCUT2D eigenvalue weighted by atomic mass is 32.2. The SMILES string of the molecule is CC(C)(C)OC(=O)N1C(/C=C/CS(=O)(=O)c2ccccc2)COC1(C)C. The molecule has 1 aliphatic heterocycles. The van der Waals surface area contributed by atoms with E-state index in [1.54, 1.807) is 77.1 Å². The Labute approximate surface area is 155 Å². The number of benzene rings is 1. The van der Waals surface area contributed by atoms with Crippen LogP contribution in [0.3, 0.4) is 0 Å². The molecular formula is C19H27NO5S. The molecule has 1 saturated heterocycles. The molecule has 1 amide bonds. The fourth-order valence-corrected chi connectivity index (χ4v) is 3.83. The molecule has 1 fully saturated rings. The smallest absolute Gasteiger partial charge is 0.413 e. The van der Waals surface area contributed by atoms with Gasteiger partial charge in [0, 0.05) is 0 Å². The van der Waals surface area contributed by atoms with E-state index in [-0.39, 0.29) is 23.3 Å². The molecule has 0 spiro atoms. The summed E-state index contributed by atoms with van der Waals surface area (Å²) in [4.78, 5) is 14.3. The van der Waals surface area contributed by atoms with Crippen molar-refractivity contribution < 1.29 is 22.7 Å². The second kappa shape index (κ2) is 7.40. The van der Waals surface area contributed by atoms with E-state index in [9.17, 15) is 13.2 Å². The van der Waals surface area contributed by atoms with Crippen molar-refractivity contribution in [3.05, 3.63) is 42.5 Å². The van der Waals surface area contributed by atoms with E-state index in [1.807, 2.05) is 0 Å². The molecule has 1 unspecified atom stereocenters. The number of carbonyl (C=O) groups excluding carboxylic acids is 1. The summed E-state index contributed by atoms with van der Waals surface area (Å²) >= 11 is 0. The second-order valence-corrected chi connectivity index (χ2v) is 9.73. The molecule has 1 aromatic carbocycles. The third kappa shape index (κ3) is 5.08. The zero-order valence-corrected chi connectivity index (χ0v) is 16.7. The van der Waals surface area contributed by atoms with Gasteiger partial charge in [0.05, 0.1) is 23.3 Å². The summed E-state index contributed by atoms with van der Waals surface area (Å²) < 4.78 is 35.8. The quantitative estimate of drug-likeness (QED) is 0.748. The maximum Gasteiger partial charge on any atom is 0.413 e. The maximum absolute atomic E-state index is 12.5. The second-order valence-electron chi connectivity index (χ2n) is 7.70. The van der Waals surface area contributed by atoms with Gasteiger partial charge in [-0.15, -0.1) is 0 Å². The standard InChI is InChI=1S/C19H27NO5S/c1-18(2,3)25-17(21)20-15(14-24-19(20,4)5)10-9-13-26(22,23)16-11-7-6-8-12-16/h6-12,15H,13-14H2,1-5H3/b10-9+. The van der Waals surface area contributed by atoms with Crippen LogP contribution in [-0.4, -0.2) is 49.1 Å². The summed E-state index contributed by atoms with van der Waals surface area (Å²) in [6.45, 7) is 9.25. The van der Waals surface area contributed by atoms with Crippen LogP contribution in [0.1, 0.15) is 34.6 Å². The molecular weight excluding hydrogens is 354 g/mol. The lowest BCUT2D eigenvalue weighted by Crippen LogP contribution is -2.49. The molecule has 2 rings (SSSR count). The molecule has 1 aliphatic rings. The average molecular weight is 381 g/mol. The van der Waals surface area contributed by atoms with Crippen molar-refractivity contribution in [2.75, 3.05) is 12.4 Å². The van der Waals surface area contributed by atoms with E-state index >= 15 is 0 Å². The molecule has 0 radical (unpaired) electrons. The average Bonchev–Trinajstić information content (AvgIpc) is 2.81. The summed E-state index contributed by atoms with van der Waals surface area (Å²) in [5, 5.41) is 0. The third-order valence-electron chi connectivity index (χ3n) is 3.89. The highest BCUT2D eigenvalue weighted by Gasteiger charge is 2.44. The van der Waals surface area contributed by atoms with Gasteiger partial charge >= 0.3 is 6.09 Å². The number of hydrogen-bond donors (Lipinski definition) is 0. The van der Waals surface area contributed by atoms with Crippen molar-refractivity contribution in [2.45, 2.75) is 56.9 Å². The zero-order valence-electron chi connectivity index (χ0n) is 15.9. The monoisotopic (exact) mass is 381 g/mol. The number of carbonyl (C=O) groups is 1. The Morgan fingerprint density at radius 3 is 2.50 bits per heavy atom. The van der Waals surface area contributed by atoms with Crippen LogP contribution in [0.4, 0.5) is 4.79 Å². The summed E-state index contributed by atoms with van der Waals surface area (Å²) in [5.41, 5.74) is -1.45. The first kappa shape index (κ1) is 20.5. The number of rotatable bonds is 4. The predicted octanol–water partition coefficient (Wildman–Crippen LogP) is 3.39. The van der Waals surface area contributed by atoms with Gasteiger partial charge in [0.2, 0.25) is 0 Å². The van der Waals surface area contributed by atoms with Crippen LogP contribution in [0.5, 0.6) is 0 Å². The topological polar surface area (TPSA) is 72.9 Å². The minimum absolute atomic E-state index is 0.143. The Morgan fingerprint density at radius 1 is 1.31 bits per heavy atom. The molecule has 6 nitrogen and oxygen atoms in total. The Morgan fingerprint density at radius 2 is 1.92 bits per heavy atom. The highest BCUT2D eigenvalue weighted by Crippen LogP contribution is 2.30. The third-order valence-corrected chi connectivity index (χ3v) is 5.51. The van der Waals surface area contributed by atoms with Gasteiger partial charge in [-0.05, 0) is 46.8 Å². The molecule has 1 heterocycles. The van der Waals surface area contributed by atoms with Gasteiger partial charge in [-0.25, -0.2) is 13.2 Å². The molecule has 1 atom stereocenters. The van der Waals surface area contributed by atoms with E-state index in [4.69, 9.17) is 9.47 Å². The van der Waals surface area contributed by atoms with Crippen LogP contribution >= 0.6 is 0 Å². The molecule has 0 saturated carbocycles. The first-order chi connectivity index (χ1) is 11.9. The van der Waals surface area contributed by atoms with Gasteiger partial charge in [-0.2, -0.15) is 0 Å². The summed E-state index contributed by atoms with van der Waals surface area (Å²) in [6.07, 6.45) is 2.77. The lowest BCUT2D eigenvalue weighted by Gasteiger charge is -2.34. The van der Waals surface area contributed by atoms with Crippen molar-refractivity contribution in [2.24, 2.45) is 0 Å². The molecule has 1 aromatic rings. The van der Waals surface area contributed by atoms with Gasteiger partial charge < -0.3 is 9.47 Å². The van der Waals surface area contributed by atoms with E-state index in [1.165, 1.54) is 4.90 Å². The van der Waals surface area contributed by atoms with Crippen LogP contribution in [0.2, 0.25) is 0 Å². The van der Waals surface area contributed by atoms with Crippen molar-refractivity contribution in [1.82, 2.24) is 4.90 Å². The maximum atomic E-state index is 12.5. The molecule has 0 N–H and O–H groups in total. The summed E-state index contributed by atoms with van der Waals surface area (Å²) in [5.74, 6) is -0.143. The van der Waals surface area contributed by atoms with E-state index in [2.05, 4.69) is 0 Å². The molecule has 0 bridgehead atoms. The number of amides is 1. The number of hydrogen-bond acceptors (Lipinski definition) is 5. The first-order valence-electron chi connectivity index (χ1n) is 8.53. The minimum atomic E-state index is -3.41. The van der Waals surface area contributed by atoms with Gasteiger partial charge in [0.1, 0.15) is 11.3 Å². The molecule has 0 aliphatic carbocycles. The Balaban J connectivity index is 2.12. The highest BCUT2D eigenvalue weighted by molar-refractivity contribution is 7.91. The fourth-order valence-electron chi connectivity index (χ4n) is 2.70. The lowest BCUT2D eigenvalue weighted by atomic mass is 10.2. The Hall–Kier alpha value is -1.86. The number of sulfone groups is 1. The van der Waals surface area contributed by atoms with Crippen molar-refractivity contribution in [3.63, 3.8) is 0 Å². The zero-order chi connectivity index (χ0) is 19.6. The normalized spacial score (nSPS) is 20.5. The van der Waals surface area contributed by atoms with E-state index in [0.717, 1.165) is 0 Å². The largest absolute Gasteiger partial charge is 0.444 e. The van der Waals surface area contributed by atoms with Crippen LogP contribution in [0.25, 0.3) is 0 Å². The number of nitrogens with zero attached hydrogens (tertiary/aromatic N) is 1. The van der Waals surface area contributed by atoms with Crippen LogP contribution < -0.4 is 0 Å².